The van der Waals surface area contributed by atoms with Gasteiger partial charge in [-0.1, -0.05) is 0 Å². The van der Waals surface area contributed by atoms with Gasteiger partial charge in [-0.2, -0.15) is 0 Å². The van der Waals surface area contributed by atoms with Gasteiger partial charge in [0, 0.05) is 49.7 Å². The zero-order valence-electron chi connectivity index (χ0n) is 20.0. The first kappa shape index (κ1) is 21.2. The number of hydrogen-bond donors (Lipinski definition) is 1. The van der Waals surface area contributed by atoms with E-state index in [0.717, 1.165) is 58.3 Å². The lowest BCUT2D eigenvalue weighted by atomic mass is 9.97. The SMILES string of the molecule is COc1ccc2cc(-c3nc4cc5c(cc4n3C)CCN(C[C@@H](C)N)C5=O)n(CC3CC3)c2c1. The predicted molar refractivity (Wildman–Crippen MR) is 134 cm³/mol. The van der Waals surface area contributed by atoms with Crippen molar-refractivity contribution in [3.8, 4) is 17.3 Å². The summed E-state index contributed by atoms with van der Waals surface area (Å²) in [5.41, 5.74) is 12.0. The van der Waals surface area contributed by atoms with Crippen molar-refractivity contribution < 1.29 is 9.53 Å². The van der Waals surface area contributed by atoms with Crippen LogP contribution in [0.1, 0.15) is 35.7 Å². The Bertz CT molecular complexity index is 1430. The number of benzene rings is 2. The van der Waals surface area contributed by atoms with Crippen molar-refractivity contribution in [3.05, 3.63) is 47.5 Å². The predicted octanol–water partition coefficient (Wildman–Crippen LogP) is 3.96. The fourth-order valence-corrected chi connectivity index (χ4v) is 5.27. The number of nitrogens with zero attached hydrogens (tertiary/aromatic N) is 4. The molecule has 1 aliphatic heterocycles. The van der Waals surface area contributed by atoms with Crippen molar-refractivity contribution in [1.29, 1.82) is 0 Å². The Labute approximate surface area is 199 Å². The highest BCUT2D eigenvalue weighted by Gasteiger charge is 2.28. The molecule has 1 aliphatic carbocycles. The topological polar surface area (TPSA) is 78.3 Å². The molecule has 0 bridgehead atoms. The van der Waals surface area contributed by atoms with Gasteiger partial charge in [0.15, 0.2) is 5.82 Å². The van der Waals surface area contributed by atoms with Crippen LogP contribution in [0.4, 0.5) is 0 Å². The Hall–Kier alpha value is -3.32. The largest absolute Gasteiger partial charge is 0.497 e. The Kier molecular flexibility index (Phi) is 4.92. The molecule has 1 amide bonds. The van der Waals surface area contributed by atoms with Crippen LogP contribution in [0, 0.1) is 5.92 Å². The van der Waals surface area contributed by atoms with E-state index in [9.17, 15) is 4.79 Å². The molecule has 0 unspecified atom stereocenters. The molecule has 1 fully saturated rings. The number of hydrogen-bond acceptors (Lipinski definition) is 4. The summed E-state index contributed by atoms with van der Waals surface area (Å²) in [7, 11) is 3.78. The van der Waals surface area contributed by atoms with Gasteiger partial charge in [-0.3, -0.25) is 4.79 Å². The lowest BCUT2D eigenvalue weighted by Crippen LogP contribution is -2.43. The van der Waals surface area contributed by atoms with Gasteiger partial charge >= 0.3 is 0 Å². The van der Waals surface area contributed by atoms with E-state index < -0.39 is 0 Å². The fraction of sp³-hybridized carbons (Fsp3) is 0.407. The molecule has 176 valence electrons. The minimum absolute atomic E-state index is 0.0392. The molecule has 3 heterocycles. The minimum Gasteiger partial charge on any atom is -0.497 e. The van der Waals surface area contributed by atoms with Gasteiger partial charge in [0.1, 0.15) is 5.75 Å². The van der Waals surface area contributed by atoms with Crippen molar-refractivity contribution in [2.45, 2.75) is 38.8 Å². The van der Waals surface area contributed by atoms with Gasteiger partial charge in [-0.15, -0.1) is 0 Å². The molecule has 1 saturated carbocycles. The van der Waals surface area contributed by atoms with Gasteiger partial charge in [0.25, 0.3) is 5.91 Å². The van der Waals surface area contributed by atoms with E-state index in [-0.39, 0.29) is 11.9 Å². The first-order valence-corrected chi connectivity index (χ1v) is 12.1. The van der Waals surface area contributed by atoms with E-state index in [2.05, 4.69) is 40.4 Å². The highest BCUT2D eigenvalue weighted by Crippen LogP contribution is 2.37. The number of carbonyl (C=O) groups excluding carboxylic acids is 1. The van der Waals surface area contributed by atoms with Gasteiger partial charge in [0.05, 0.1) is 29.4 Å². The molecule has 2 aromatic carbocycles. The van der Waals surface area contributed by atoms with Crippen LogP contribution in [0.2, 0.25) is 0 Å². The van der Waals surface area contributed by atoms with E-state index in [1.165, 1.54) is 23.7 Å². The lowest BCUT2D eigenvalue weighted by Gasteiger charge is -2.29. The van der Waals surface area contributed by atoms with Crippen LogP contribution in [-0.2, 0) is 20.0 Å². The van der Waals surface area contributed by atoms with Crippen LogP contribution in [-0.4, -0.2) is 51.2 Å². The average molecular weight is 458 g/mol. The number of amides is 1. The van der Waals surface area contributed by atoms with Crippen molar-refractivity contribution >= 4 is 27.8 Å². The summed E-state index contributed by atoms with van der Waals surface area (Å²) in [6, 6.07) is 12.6. The average Bonchev–Trinajstić information content (AvgIpc) is 3.50. The third-order valence-corrected chi connectivity index (χ3v) is 7.26. The molecule has 4 aromatic rings. The van der Waals surface area contributed by atoms with Crippen molar-refractivity contribution in [2.75, 3.05) is 20.2 Å². The maximum Gasteiger partial charge on any atom is 0.254 e. The fourth-order valence-electron chi connectivity index (χ4n) is 5.27. The standard InChI is InChI=1S/C27H31N5O2/c1-16(28)14-31-9-8-18-10-24-22(13-21(18)27(31)33)29-26(30(24)2)25-11-19-6-7-20(34-3)12-23(19)32(25)15-17-4-5-17/h6-7,10-13,16-17H,4-5,8-9,14-15,28H2,1-3H3/t16-/m1/s1. The molecule has 0 saturated heterocycles. The third kappa shape index (κ3) is 3.46. The number of rotatable bonds is 6. The van der Waals surface area contributed by atoms with Gasteiger partial charge < -0.3 is 24.5 Å². The van der Waals surface area contributed by atoms with Gasteiger partial charge in [-0.05, 0) is 68.0 Å². The molecule has 7 nitrogen and oxygen atoms in total. The maximum absolute atomic E-state index is 13.1. The summed E-state index contributed by atoms with van der Waals surface area (Å²) in [5, 5.41) is 1.18. The van der Waals surface area contributed by atoms with Gasteiger partial charge in [-0.25, -0.2) is 4.98 Å². The smallest absolute Gasteiger partial charge is 0.254 e. The normalized spacial score (nSPS) is 16.9. The van der Waals surface area contributed by atoms with Crippen LogP contribution in [0.5, 0.6) is 5.75 Å². The highest BCUT2D eigenvalue weighted by molar-refractivity contribution is 6.00. The molecule has 7 heteroatoms. The van der Waals surface area contributed by atoms with E-state index >= 15 is 0 Å². The number of aromatic nitrogens is 3. The highest BCUT2D eigenvalue weighted by atomic mass is 16.5. The lowest BCUT2D eigenvalue weighted by molar-refractivity contribution is 0.0732. The molecule has 2 N–H and O–H groups in total. The Morgan fingerprint density at radius 1 is 1.18 bits per heavy atom. The van der Waals surface area contributed by atoms with E-state index in [0.29, 0.717) is 13.1 Å². The number of methoxy groups -OCH3 is 1. The molecular formula is C27H31N5O2. The molecule has 1 atom stereocenters. The van der Waals surface area contributed by atoms with Crippen molar-refractivity contribution in [1.82, 2.24) is 19.0 Å². The van der Waals surface area contributed by atoms with Crippen LogP contribution >= 0.6 is 0 Å². The molecule has 0 spiro atoms. The summed E-state index contributed by atoms with van der Waals surface area (Å²) in [6.45, 7) is 4.21. The zero-order chi connectivity index (χ0) is 23.6. The number of nitrogens with two attached hydrogens (primary N) is 1. The summed E-state index contributed by atoms with van der Waals surface area (Å²) in [5.74, 6) is 2.56. The second kappa shape index (κ2) is 7.87. The number of imidazole rings is 1. The second-order valence-corrected chi connectivity index (χ2v) is 9.98. The number of aryl methyl sites for hydroxylation is 1. The molecule has 2 aromatic heterocycles. The summed E-state index contributed by atoms with van der Waals surface area (Å²) in [4.78, 5) is 20.1. The maximum atomic E-state index is 13.1. The minimum atomic E-state index is -0.0392. The van der Waals surface area contributed by atoms with Crippen molar-refractivity contribution in [3.63, 3.8) is 0 Å². The Morgan fingerprint density at radius 3 is 2.74 bits per heavy atom. The van der Waals surface area contributed by atoms with Crippen LogP contribution in [0.15, 0.2) is 36.4 Å². The molecular weight excluding hydrogens is 426 g/mol. The van der Waals surface area contributed by atoms with E-state index in [4.69, 9.17) is 15.5 Å². The van der Waals surface area contributed by atoms with E-state index in [1.54, 1.807) is 7.11 Å². The van der Waals surface area contributed by atoms with Crippen LogP contribution in [0.3, 0.4) is 0 Å². The quantitative estimate of drug-likeness (QED) is 0.475. The number of fused-ring (bicyclic) bond motifs is 3. The number of carbonyl (C=O) groups is 1. The number of ether oxygens (including phenoxy) is 1. The molecule has 34 heavy (non-hydrogen) atoms. The zero-order valence-corrected chi connectivity index (χ0v) is 20.0. The summed E-state index contributed by atoms with van der Waals surface area (Å²) < 4.78 is 10.1. The summed E-state index contributed by atoms with van der Waals surface area (Å²) in [6.07, 6.45) is 3.39. The Balaban J connectivity index is 1.48. The molecule has 2 aliphatic rings. The monoisotopic (exact) mass is 457 g/mol. The first-order valence-electron chi connectivity index (χ1n) is 12.1. The molecule has 0 radical (unpaired) electrons. The van der Waals surface area contributed by atoms with Gasteiger partial charge in [0.2, 0.25) is 0 Å². The first-order chi connectivity index (χ1) is 16.4. The molecule has 6 rings (SSSR count). The Morgan fingerprint density at radius 2 is 2.00 bits per heavy atom. The van der Waals surface area contributed by atoms with E-state index in [1.807, 2.05) is 24.0 Å². The van der Waals surface area contributed by atoms with Crippen molar-refractivity contribution in [2.24, 2.45) is 18.7 Å². The van der Waals surface area contributed by atoms with Crippen LogP contribution < -0.4 is 10.5 Å². The third-order valence-electron chi connectivity index (χ3n) is 7.26. The van der Waals surface area contributed by atoms with Crippen LogP contribution in [0.25, 0.3) is 33.5 Å². The summed E-state index contributed by atoms with van der Waals surface area (Å²) >= 11 is 0. The second-order valence-electron chi connectivity index (χ2n) is 9.98.